The number of nitrogens with zero attached hydrogens (tertiary/aromatic N) is 1. The fourth-order valence-electron chi connectivity index (χ4n) is 3.83. The van der Waals surface area contributed by atoms with E-state index in [1.165, 1.54) is 16.7 Å². The van der Waals surface area contributed by atoms with Crippen LogP contribution in [0.3, 0.4) is 0 Å². The van der Waals surface area contributed by atoms with Crippen molar-refractivity contribution in [1.82, 2.24) is 15.5 Å². The summed E-state index contributed by atoms with van der Waals surface area (Å²) in [5, 5.41) is 14.8. The summed E-state index contributed by atoms with van der Waals surface area (Å²) in [7, 11) is 0. The molecule has 1 aliphatic heterocycles. The first kappa shape index (κ1) is 28.2. The summed E-state index contributed by atoms with van der Waals surface area (Å²) in [5.41, 5.74) is 6.05. The van der Waals surface area contributed by atoms with Gasteiger partial charge >= 0.3 is 5.97 Å². The summed E-state index contributed by atoms with van der Waals surface area (Å²) < 4.78 is 0. The Morgan fingerprint density at radius 1 is 1.19 bits per heavy atom. The van der Waals surface area contributed by atoms with Gasteiger partial charge in [-0.3, -0.25) is 14.4 Å². The molecule has 184 valence electrons. The third-order valence-corrected chi connectivity index (χ3v) is 6.55. The van der Waals surface area contributed by atoms with Gasteiger partial charge in [-0.05, 0) is 49.5 Å². The van der Waals surface area contributed by atoms with Gasteiger partial charge in [0.15, 0.2) is 0 Å². The molecule has 1 fully saturated rings. The second-order valence-electron chi connectivity index (χ2n) is 8.98. The van der Waals surface area contributed by atoms with Gasteiger partial charge in [0.2, 0.25) is 17.7 Å². The highest BCUT2D eigenvalue weighted by atomic mass is 32.2. The number of aliphatic carboxylic acids is 1. The Morgan fingerprint density at radius 3 is 2.38 bits per heavy atom. The van der Waals surface area contributed by atoms with Crippen LogP contribution in [0, 0.1) is 11.8 Å². The van der Waals surface area contributed by atoms with E-state index in [9.17, 15) is 24.3 Å². The predicted octanol–water partition coefficient (Wildman–Crippen LogP) is 1.20. The minimum atomic E-state index is -1.10. The summed E-state index contributed by atoms with van der Waals surface area (Å²) in [6, 6.07) is -3.23. The Bertz CT molecular complexity index is 660. The van der Waals surface area contributed by atoms with Gasteiger partial charge in [-0.1, -0.05) is 34.1 Å². The molecule has 5 atom stereocenters. The third kappa shape index (κ3) is 8.27. The maximum atomic E-state index is 13.0. The number of carbonyl (C=O) groups is 4. The topological polar surface area (TPSA) is 142 Å². The molecule has 0 saturated carbocycles. The van der Waals surface area contributed by atoms with Crippen LogP contribution in [0.25, 0.3) is 0 Å². The van der Waals surface area contributed by atoms with Crippen molar-refractivity contribution in [3.8, 4) is 0 Å². The first-order valence-electron chi connectivity index (χ1n) is 11.4. The number of hydrogen-bond donors (Lipinski definition) is 4. The smallest absolute Gasteiger partial charge is 0.326 e. The van der Waals surface area contributed by atoms with Crippen molar-refractivity contribution in [2.75, 3.05) is 18.6 Å². The number of carbonyl (C=O) groups excluding carboxylic acids is 3. The van der Waals surface area contributed by atoms with E-state index in [1.54, 1.807) is 6.92 Å². The molecule has 0 aliphatic carbocycles. The van der Waals surface area contributed by atoms with Gasteiger partial charge in [0.25, 0.3) is 0 Å². The molecule has 5 N–H and O–H groups in total. The van der Waals surface area contributed by atoms with E-state index in [1.807, 2.05) is 27.0 Å². The van der Waals surface area contributed by atoms with Crippen molar-refractivity contribution in [2.45, 2.75) is 84.0 Å². The van der Waals surface area contributed by atoms with Crippen molar-refractivity contribution in [2.24, 2.45) is 17.6 Å². The van der Waals surface area contributed by atoms with Crippen LogP contribution in [-0.2, 0) is 19.2 Å². The molecule has 0 aromatic rings. The van der Waals surface area contributed by atoms with Gasteiger partial charge in [0, 0.05) is 6.54 Å². The fourth-order valence-corrected chi connectivity index (χ4v) is 4.31. The fraction of sp³-hybridized carbons (Fsp3) is 0.818. The van der Waals surface area contributed by atoms with Gasteiger partial charge in [-0.15, -0.1) is 0 Å². The first-order chi connectivity index (χ1) is 15.0. The van der Waals surface area contributed by atoms with Crippen LogP contribution < -0.4 is 16.4 Å². The zero-order valence-electron chi connectivity index (χ0n) is 19.9. The number of amides is 3. The van der Waals surface area contributed by atoms with Crippen molar-refractivity contribution < 1.29 is 24.3 Å². The number of nitrogens with one attached hydrogen (secondary N) is 2. The number of rotatable bonds is 13. The summed E-state index contributed by atoms with van der Waals surface area (Å²) in [6.07, 6.45) is 4.58. The van der Waals surface area contributed by atoms with Crippen molar-refractivity contribution in [3.05, 3.63) is 0 Å². The van der Waals surface area contributed by atoms with Gasteiger partial charge < -0.3 is 26.4 Å². The van der Waals surface area contributed by atoms with Gasteiger partial charge in [-0.25, -0.2) is 4.79 Å². The Balaban J connectivity index is 2.91. The lowest BCUT2D eigenvalue weighted by Crippen LogP contribution is -2.57. The minimum absolute atomic E-state index is 0.246. The molecule has 0 aromatic carbocycles. The SMILES string of the molecule is CCC(C)C(NC(=O)C(CCSC)NC(=O)C1CCCN1C(=O)C(N)CC(C)C)C(=O)O. The van der Waals surface area contributed by atoms with Crippen molar-refractivity contribution in [1.29, 1.82) is 0 Å². The van der Waals surface area contributed by atoms with Crippen LogP contribution in [-0.4, -0.2) is 76.4 Å². The molecule has 32 heavy (non-hydrogen) atoms. The molecular formula is C22H40N4O5S. The highest BCUT2D eigenvalue weighted by molar-refractivity contribution is 7.98. The number of carboxylic acid groups (broad SMARTS) is 1. The standard InChI is InChI=1S/C22H40N4O5S/c1-6-14(4)18(22(30)31)25-19(27)16(9-11-32-5)24-20(28)17-8-7-10-26(17)21(29)15(23)12-13(2)3/h13-18H,6-12,23H2,1-5H3,(H,24,28)(H,25,27)(H,30,31). The van der Waals surface area contributed by atoms with E-state index in [0.717, 1.165) is 0 Å². The average molecular weight is 473 g/mol. The lowest BCUT2D eigenvalue weighted by atomic mass is 9.98. The van der Waals surface area contributed by atoms with E-state index < -0.39 is 42.0 Å². The second-order valence-corrected chi connectivity index (χ2v) is 9.96. The molecule has 0 spiro atoms. The lowest BCUT2D eigenvalue weighted by molar-refractivity contribution is -0.144. The Morgan fingerprint density at radius 2 is 1.84 bits per heavy atom. The number of carboxylic acids is 1. The van der Waals surface area contributed by atoms with Crippen LogP contribution in [0.1, 0.15) is 59.8 Å². The number of nitrogens with two attached hydrogens (primary N) is 1. The van der Waals surface area contributed by atoms with Crippen LogP contribution in [0.2, 0.25) is 0 Å². The van der Waals surface area contributed by atoms with Crippen molar-refractivity contribution >= 4 is 35.5 Å². The summed E-state index contributed by atoms with van der Waals surface area (Å²) in [4.78, 5) is 51.8. The molecule has 1 rings (SSSR count). The van der Waals surface area contributed by atoms with Crippen LogP contribution in [0.5, 0.6) is 0 Å². The summed E-state index contributed by atoms with van der Waals surface area (Å²) >= 11 is 1.53. The molecule has 5 unspecified atom stereocenters. The third-order valence-electron chi connectivity index (χ3n) is 5.90. The molecule has 1 aliphatic rings. The first-order valence-corrected chi connectivity index (χ1v) is 12.8. The largest absolute Gasteiger partial charge is 0.480 e. The second kappa shape index (κ2) is 13.7. The van der Waals surface area contributed by atoms with E-state index in [-0.39, 0.29) is 17.7 Å². The zero-order chi connectivity index (χ0) is 24.4. The molecule has 0 bridgehead atoms. The van der Waals surface area contributed by atoms with E-state index in [2.05, 4.69) is 10.6 Å². The predicted molar refractivity (Wildman–Crippen MR) is 126 cm³/mol. The highest BCUT2D eigenvalue weighted by Crippen LogP contribution is 2.20. The van der Waals surface area contributed by atoms with Crippen molar-refractivity contribution in [3.63, 3.8) is 0 Å². The van der Waals surface area contributed by atoms with Gasteiger partial charge in [0.05, 0.1) is 6.04 Å². The molecule has 0 radical (unpaired) electrons. The maximum Gasteiger partial charge on any atom is 0.326 e. The van der Waals surface area contributed by atoms with Gasteiger partial charge in [0.1, 0.15) is 18.1 Å². The van der Waals surface area contributed by atoms with Crippen LogP contribution >= 0.6 is 11.8 Å². The monoisotopic (exact) mass is 472 g/mol. The Kier molecular flexibility index (Phi) is 12.1. The molecule has 3 amide bonds. The summed E-state index contributed by atoms with van der Waals surface area (Å²) in [5.74, 6) is -1.64. The number of hydrogen-bond acceptors (Lipinski definition) is 6. The quantitative estimate of drug-likeness (QED) is 0.315. The molecule has 1 saturated heterocycles. The molecule has 1 heterocycles. The van der Waals surface area contributed by atoms with E-state index in [4.69, 9.17) is 5.73 Å². The number of thioether (sulfide) groups is 1. The van der Waals surface area contributed by atoms with Crippen LogP contribution in [0.4, 0.5) is 0 Å². The molecule has 0 aromatic heterocycles. The Labute approximate surface area is 195 Å². The normalized spacial score (nSPS) is 19.8. The maximum absolute atomic E-state index is 13.0. The van der Waals surface area contributed by atoms with E-state index >= 15 is 0 Å². The molecule has 10 heteroatoms. The Hall–Kier alpha value is -1.81. The summed E-state index contributed by atoms with van der Waals surface area (Å²) in [6.45, 7) is 8.05. The average Bonchev–Trinajstić information content (AvgIpc) is 3.22. The lowest BCUT2D eigenvalue weighted by Gasteiger charge is -2.29. The van der Waals surface area contributed by atoms with Crippen LogP contribution in [0.15, 0.2) is 0 Å². The van der Waals surface area contributed by atoms with Gasteiger partial charge in [-0.2, -0.15) is 11.8 Å². The molecule has 9 nitrogen and oxygen atoms in total. The van der Waals surface area contributed by atoms with E-state index in [0.29, 0.717) is 44.4 Å². The molecular weight excluding hydrogens is 432 g/mol. The zero-order valence-corrected chi connectivity index (χ0v) is 20.7. The number of likely N-dealkylation sites (tertiary alicyclic amines) is 1. The minimum Gasteiger partial charge on any atom is -0.480 e. The highest BCUT2D eigenvalue weighted by Gasteiger charge is 2.38.